The maximum Gasteiger partial charge on any atom is 0.263 e. The van der Waals surface area contributed by atoms with Gasteiger partial charge in [0, 0.05) is 243 Å². The standard InChI is InChI=1S/C31H36F2N8O2.C30H34F2N8O2.C29H32F2N8O2/c1-4-39-11-15-40(16-12-39)22-7-5-21(6-8-22)37-29-26(31(42)41-13-9-38(3)10-14-41)30(35-19-34-29)43-25-18-24(32)28-23(27(25)33)17-20(2)36-28;1-19-16-22-26(32)24(17-23(31)27(22)35-19)42-29-25(30(41)40-14-10-38(3)11-15-40)28(33-18-34-29)36-20-4-6-21(7-5-20)39-12-8-37(2)9-13-39;1-18-15-21-25(31)23(16-22(30)26(21)35-18)41-28-24(29(40)39-13-11-37(2)12-14-39)27(33-17-34-28)36-19-3-5-20(6-4-19)38-9-7-32-8-10-38/h5-8,17-19,36H,4,9-16H2,1-3H3,(H,34,35,37);4-7,16-18,35H,8-15H2,1-3H3,(H,33,34,36);3-6,15-17,32,35H,7-14H2,1-2H3,(H,33,34,36). The van der Waals surface area contributed by atoms with Gasteiger partial charge in [0.1, 0.15) is 35.7 Å². The summed E-state index contributed by atoms with van der Waals surface area (Å²) >= 11 is 0. The van der Waals surface area contributed by atoms with Gasteiger partial charge < -0.3 is 104 Å². The molecule has 0 bridgehead atoms. The molecular formula is C90H102F6N24O6. The van der Waals surface area contributed by atoms with Gasteiger partial charge in [-0.25, -0.2) is 56.2 Å². The van der Waals surface area contributed by atoms with Crippen LogP contribution in [0.4, 0.5) is 77.9 Å². The van der Waals surface area contributed by atoms with E-state index in [2.05, 4.69) is 119 Å². The van der Waals surface area contributed by atoms with Crippen LogP contribution in [0, 0.1) is 55.7 Å². The molecule has 126 heavy (non-hydrogen) atoms. The van der Waals surface area contributed by atoms with Gasteiger partial charge in [0.05, 0.1) is 16.6 Å². The number of ether oxygens (including phenoxy) is 3. The second kappa shape index (κ2) is 38.3. The minimum absolute atomic E-state index is 0.0494. The van der Waals surface area contributed by atoms with Gasteiger partial charge in [-0.2, -0.15) is 0 Å². The number of fused-ring (bicyclic) bond motifs is 3. The van der Waals surface area contributed by atoms with E-state index in [9.17, 15) is 27.6 Å². The number of aromatic amines is 3. The predicted octanol–water partition coefficient (Wildman–Crippen LogP) is 12.7. The Balaban J connectivity index is 0.000000139. The molecule has 6 fully saturated rings. The summed E-state index contributed by atoms with van der Waals surface area (Å²) in [5, 5.41) is 13.2. The number of carbonyl (C=O) groups excluding carboxylic acids is 3. The van der Waals surface area contributed by atoms with Crippen LogP contribution in [0.3, 0.4) is 0 Å². The Morgan fingerprint density at radius 1 is 0.357 bits per heavy atom. The minimum atomic E-state index is -0.750. The molecule has 12 heterocycles. The van der Waals surface area contributed by atoms with Crippen molar-refractivity contribution in [2.24, 2.45) is 0 Å². The number of anilines is 9. The van der Waals surface area contributed by atoms with Gasteiger partial charge in [0.15, 0.2) is 69.6 Å². The van der Waals surface area contributed by atoms with Crippen molar-refractivity contribution in [3.05, 3.63) is 197 Å². The van der Waals surface area contributed by atoms with Crippen molar-refractivity contribution < 1.29 is 54.9 Å². The number of benzene rings is 6. The molecule has 12 aromatic rings. The summed E-state index contributed by atoms with van der Waals surface area (Å²) in [5.74, 6) is -6.24. The molecule has 660 valence electrons. The minimum Gasteiger partial charge on any atom is -0.435 e. The largest absolute Gasteiger partial charge is 0.435 e. The number of aromatic nitrogens is 9. The summed E-state index contributed by atoms with van der Waals surface area (Å²) in [6.45, 7) is 27.2. The van der Waals surface area contributed by atoms with E-state index in [4.69, 9.17) is 14.2 Å². The van der Waals surface area contributed by atoms with Gasteiger partial charge in [-0.15, -0.1) is 0 Å². The Morgan fingerprint density at radius 3 is 0.913 bits per heavy atom. The molecule has 0 aliphatic carbocycles. The quantitative estimate of drug-likeness (QED) is 0.0370. The first-order valence-electron chi connectivity index (χ1n) is 42.4. The van der Waals surface area contributed by atoms with Crippen molar-refractivity contribution in [2.45, 2.75) is 27.7 Å². The molecule has 0 atom stereocenters. The number of amides is 3. The zero-order chi connectivity index (χ0) is 88.0. The van der Waals surface area contributed by atoms with Crippen LogP contribution >= 0.6 is 0 Å². The fraction of sp³-hybridized carbons (Fsp3) is 0.367. The third-order valence-electron chi connectivity index (χ3n) is 23.7. The highest BCUT2D eigenvalue weighted by Crippen LogP contribution is 2.41. The highest BCUT2D eigenvalue weighted by molar-refractivity contribution is 6.04. The van der Waals surface area contributed by atoms with Crippen molar-refractivity contribution in [2.75, 3.05) is 222 Å². The molecule has 6 aliphatic heterocycles. The normalized spacial score (nSPS) is 16.5. The number of piperazine rings is 6. The van der Waals surface area contributed by atoms with E-state index in [0.717, 1.165) is 126 Å². The number of aryl methyl sites for hydroxylation is 3. The number of hydrogen-bond donors (Lipinski definition) is 7. The fourth-order valence-electron chi connectivity index (χ4n) is 16.2. The lowest BCUT2D eigenvalue weighted by Gasteiger charge is -2.35. The summed E-state index contributed by atoms with van der Waals surface area (Å²) in [6.07, 6.45) is 3.72. The van der Waals surface area contributed by atoms with Crippen LogP contribution in [0.25, 0.3) is 32.7 Å². The number of H-pyrrole nitrogens is 3. The third kappa shape index (κ3) is 19.5. The average molecular weight is 1730 g/mol. The van der Waals surface area contributed by atoms with Crippen LogP contribution < -0.4 is 50.2 Å². The fourth-order valence-corrected chi connectivity index (χ4v) is 16.2. The van der Waals surface area contributed by atoms with E-state index < -0.39 is 34.9 Å². The van der Waals surface area contributed by atoms with E-state index in [1.54, 1.807) is 35.5 Å². The Bertz CT molecular complexity index is 5900. The molecule has 30 nitrogen and oxygen atoms in total. The number of nitrogens with one attached hydrogen (secondary N) is 7. The zero-order valence-electron chi connectivity index (χ0n) is 71.6. The maximum atomic E-state index is 15.5. The molecule has 7 N–H and O–H groups in total. The Labute approximate surface area is 724 Å². The molecule has 18 rings (SSSR count). The number of nitrogens with zero attached hydrogens (tertiary/aromatic N) is 17. The third-order valence-corrected chi connectivity index (χ3v) is 23.7. The maximum absolute atomic E-state index is 15.5. The summed E-state index contributed by atoms with van der Waals surface area (Å²) < 4.78 is 109. The molecular weight excluding hydrogens is 1630 g/mol. The number of carbonyl (C=O) groups is 3. The van der Waals surface area contributed by atoms with Crippen LogP contribution in [0.1, 0.15) is 55.1 Å². The number of likely N-dealkylation sites (N-methyl/N-ethyl adjacent to an activating group) is 5. The van der Waals surface area contributed by atoms with Gasteiger partial charge in [-0.1, -0.05) is 6.92 Å². The molecule has 36 heteroatoms. The van der Waals surface area contributed by atoms with Crippen LogP contribution in [0.15, 0.2) is 128 Å². The summed E-state index contributed by atoms with van der Waals surface area (Å²) in [7, 11) is 8.11. The molecule has 0 spiro atoms. The van der Waals surface area contributed by atoms with Gasteiger partial charge in [0.25, 0.3) is 17.7 Å². The lowest BCUT2D eigenvalue weighted by Crippen LogP contribution is -2.47. The predicted molar refractivity (Wildman–Crippen MR) is 474 cm³/mol. The van der Waals surface area contributed by atoms with Crippen molar-refractivity contribution in [1.82, 2.24) is 89.4 Å². The smallest absolute Gasteiger partial charge is 0.263 e. The van der Waals surface area contributed by atoms with Crippen LogP contribution in [0.5, 0.6) is 34.9 Å². The molecule has 0 saturated carbocycles. The van der Waals surface area contributed by atoms with Crippen LogP contribution in [-0.2, 0) is 0 Å². The topological polar surface area (TPSA) is 287 Å². The van der Waals surface area contributed by atoms with Gasteiger partial charge >= 0.3 is 0 Å². The SMILES string of the molecule is CCN1CCN(c2ccc(Nc3ncnc(Oc4cc(F)c5[nH]c(C)cc5c4F)c3C(=O)N3CCN(C)CC3)cc2)CC1.Cc1cc2c(F)c(Oc3ncnc(Nc4ccc(N5CCN(C)CC5)cc4)c3C(=O)N3CCN(C)CC3)cc(F)c2[nH]1.Cc1cc2c(F)c(Oc3ncnc(Nc4ccc(N5CCNCC5)cc4)c3C(=O)N3CCN(C)CC3)cc(F)c2[nH]1. The van der Waals surface area contributed by atoms with Crippen molar-refractivity contribution in [3.63, 3.8) is 0 Å². The number of hydrogen-bond acceptors (Lipinski definition) is 24. The van der Waals surface area contributed by atoms with E-state index in [1.165, 1.54) is 37.2 Å². The van der Waals surface area contributed by atoms with Crippen molar-refractivity contribution in [1.29, 1.82) is 0 Å². The molecule has 6 aromatic carbocycles. The first kappa shape index (κ1) is 86.6. The summed E-state index contributed by atoms with van der Waals surface area (Å²) in [4.78, 5) is 99.1. The summed E-state index contributed by atoms with van der Waals surface area (Å²) in [6, 6.07) is 31.1. The van der Waals surface area contributed by atoms with Crippen molar-refractivity contribution >= 4 is 102 Å². The van der Waals surface area contributed by atoms with E-state index >= 15 is 13.2 Å². The second-order valence-electron chi connectivity index (χ2n) is 32.5. The van der Waals surface area contributed by atoms with E-state index in [0.29, 0.717) is 107 Å². The molecule has 6 aromatic heterocycles. The molecule has 0 radical (unpaired) electrons. The molecule has 3 amide bonds. The molecule has 0 unspecified atom stereocenters. The Hall–Kier alpha value is -12.9. The first-order valence-corrected chi connectivity index (χ1v) is 42.4. The van der Waals surface area contributed by atoms with Gasteiger partial charge in [-0.05, 0) is 147 Å². The Kier molecular flexibility index (Phi) is 26.3. The zero-order valence-corrected chi connectivity index (χ0v) is 71.6. The van der Waals surface area contributed by atoms with Crippen LogP contribution in [-0.4, -0.2) is 294 Å². The number of halogens is 6. The summed E-state index contributed by atoms with van der Waals surface area (Å²) in [5.41, 5.74) is 7.61. The van der Waals surface area contributed by atoms with Crippen LogP contribution in [0.2, 0.25) is 0 Å². The average Bonchev–Trinajstić information content (AvgIpc) is 1.74. The van der Waals surface area contributed by atoms with E-state index in [1.807, 2.05) is 93.9 Å². The lowest BCUT2D eigenvalue weighted by molar-refractivity contribution is 0.0654. The van der Waals surface area contributed by atoms with Gasteiger partial charge in [0.2, 0.25) is 17.6 Å². The second-order valence-corrected chi connectivity index (χ2v) is 32.5. The highest BCUT2D eigenvalue weighted by atomic mass is 19.1. The Morgan fingerprint density at radius 2 is 0.627 bits per heavy atom. The lowest BCUT2D eigenvalue weighted by atomic mass is 10.2. The number of rotatable bonds is 19. The molecule has 6 saturated heterocycles. The van der Waals surface area contributed by atoms with Crippen molar-refractivity contribution in [3.8, 4) is 34.9 Å². The van der Waals surface area contributed by atoms with E-state index in [-0.39, 0.29) is 119 Å². The van der Waals surface area contributed by atoms with Gasteiger partial charge in [-0.3, -0.25) is 14.4 Å². The molecule has 6 aliphatic rings. The highest BCUT2D eigenvalue weighted by Gasteiger charge is 2.35. The monoisotopic (exact) mass is 1730 g/mol. The first-order chi connectivity index (χ1) is 60.9.